The molecule has 108 valence electrons. The van der Waals surface area contributed by atoms with Crippen LogP contribution in [-0.2, 0) is 0 Å². The van der Waals surface area contributed by atoms with Gasteiger partial charge in [-0.05, 0) is 37.3 Å². The van der Waals surface area contributed by atoms with Gasteiger partial charge in [0.2, 0.25) is 0 Å². The van der Waals surface area contributed by atoms with Crippen molar-refractivity contribution in [3.05, 3.63) is 46.8 Å². The summed E-state index contributed by atoms with van der Waals surface area (Å²) in [7, 11) is 0. The molecule has 0 amide bonds. The summed E-state index contributed by atoms with van der Waals surface area (Å²) in [6.07, 6.45) is -0.355. The topological polar surface area (TPSA) is 79.9 Å². The molecule has 1 unspecified atom stereocenters. The van der Waals surface area contributed by atoms with Crippen LogP contribution in [0.4, 0.5) is 0 Å². The number of aliphatic hydroxyl groups excluding tert-OH is 1. The van der Waals surface area contributed by atoms with Gasteiger partial charge in [-0.25, -0.2) is 4.79 Å². The van der Waals surface area contributed by atoms with Crippen LogP contribution in [0.15, 0.2) is 45.6 Å². The minimum atomic E-state index is -0.495. The van der Waals surface area contributed by atoms with Gasteiger partial charge in [0.25, 0.3) is 0 Å². The Hall–Kier alpha value is -2.53. The van der Waals surface area contributed by atoms with Gasteiger partial charge >= 0.3 is 5.63 Å². The maximum Gasteiger partial charge on any atom is 0.344 e. The highest BCUT2D eigenvalue weighted by Gasteiger charge is 2.10. The number of ether oxygens (including phenoxy) is 1. The Morgan fingerprint density at radius 3 is 2.67 bits per heavy atom. The molecule has 21 heavy (non-hydrogen) atoms. The average molecular weight is 286 g/mol. The Morgan fingerprint density at radius 2 is 1.90 bits per heavy atom. The van der Waals surface area contributed by atoms with Crippen molar-refractivity contribution < 1.29 is 19.4 Å². The van der Waals surface area contributed by atoms with Crippen LogP contribution in [0.5, 0.6) is 11.5 Å². The van der Waals surface area contributed by atoms with E-state index in [-0.39, 0.29) is 18.5 Å². The van der Waals surface area contributed by atoms with Gasteiger partial charge in [-0.3, -0.25) is 0 Å². The van der Waals surface area contributed by atoms with E-state index in [1.165, 1.54) is 6.07 Å². The van der Waals surface area contributed by atoms with Crippen molar-refractivity contribution in [2.45, 2.75) is 13.0 Å². The van der Waals surface area contributed by atoms with Crippen molar-refractivity contribution in [2.75, 3.05) is 6.61 Å². The van der Waals surface area contributed by atoms with E-state index < -0.39 is 5.63 Å². The van der Waals surface area contributed by atoms with Crippen LogP contribution in [-0.4, -0.2) is 22.9 Å². The lowest BCUT2D eigenvalue weighted by Crippen LogP contribution is -2.16. The molecule has 1 atom stereocenters. The SMILES string of the molecule is CC(CO)Oc1ccc2c(c1)c(=O)oc1cc(O)ccc12. The third-order valence-electron chi connectivity index (χ3n) is 3.26. The second-order valence-corrected chi connectivity index (χ2v) is 4.89. The van der Waals surface area contributed by atoms with E-state index in [4.69, 9.17) is 14.3 Å². The van der Waals surface area contributed by atoms with Crippen molar-refractivity contribution in [3.8, 4) is 11.5 Å². The molecule has 0 spiro atoms. The van der Waals surface area contributed by atoms with Crippen molar-refractivity contribution in [1.29, 1.82) is 0 Å². The molecule has 0 saturated heterocycles. The molecule has 0 fully saturated rings. The molecular formula is C16H14O5. The predicted octanol–water partition coefficient (Wildman–Crippen LogP) is 2.41. The second kappa shape index (κ2) is 5.10. The minimum absolute atomic E-state index is 0.0433. The lowest BCUT2D eigenvalue weighted by Gasteiger charge is -2.12. The van der Waals surface area contributed by atoms with Crippen LogP contribution in [0.2, 0.25) is 0 Å². The molecule has 2 N–H and O–H groups in total. The average Bonchev–Trinajstić information content (AvgIpc) is 2.47. The number of benzene rings is 2. The molecule has 5 nitrogen and oxygen atoms in total. The van der Waals surface area contributed by atoms with E-state index in [0.717, 1.165) is 10.8 Å². The normalized spacial score (nSPS) is 12.7. The molecule has 2 aromatic carbocycles. The van der Waals surface area contributed by atoms with Crippen molar-refractivity contribution in [2.24, 2.45) is 0 Å². The number of aromatic hydroxyl groups is 1. The molecule has 0 aliphatic carbocycles. The molecule has 1 aromatic heterocycles. The number of phenolic OH excluding ortho intramolecular Hbond substituents is 1. The smallest absolute Gasteiger partial charge is 0.344 e. The molecule has 1 heterocycles. The van der Waals surface area contributed by atoms with Gasteiger partial charge in [0.1, 0.15) is 23.2 Å². The molecule has 0 saturated carbocycles. The molecule has 3 aromatic rings. The standard InChI is InChI=1S/C16H14O5/c1-9(8-17)20-11-3-5-12-13-4-2-10(18)6-15(13)21-16(19)14(12)7-11/h2-7,9,17-18H,8H2,1H3. The Kier molecular flexibility index (Phi) is 3.27. The van der Waals surface area contributed by atoms with Crippen molar-refractivity contribution >= 4 is 21.7 Å². The highest BCUT2D eigenvalue weighted by atomic mass is 16.5. The summed E-state index contributed by atoms with van der Waals surface area (Å²) in [6.45, 7) is 1.62. The maximum absolute atomic E-state index is 12.1. The second-order valence-electron chi connectivity index (χ2n) is 4.89. The number of rotatable bonds is 3. The van der Waals surface area contributed by atoms with Gasteiger partial charge in [0.05, 0.1) is 12.0 Å². The number of fused-ring (bicyclic) bond motifs is 3. The predicted molar refractivity (Wildman–Crippen MR) is 78.8 cm³/mol. The minimum Gasteiger partial charge on any atom is -0.508 e. The first-order chi connectivity index (χ1) is 10.1. The number of hydrogen-bond acceptors (Lipinski definition) is 5. The van der Waals surface area contributed by atoms with Gasteiger partial charge < -0.3 is 19.4 Å². The summed E-state index contributed by atoms with van der Waals surface area (Å²) in [5.74, 6) is 0.538. The highest BCUT2D eigenvalue weighted by Crippen LogP contribution is 2.28. The van der Waals surface area contributed by atoms with Crippen molar-refractivity contribution in [3.63, 3.8) is 0 Å². The fraction of sp³-hybridized carbons (Fsp3) is 0.188. The van der Waals surface area contributed by atoms with Crippen LogP contribution in [0, 0.1) is 0 Å². The zero-order valence-corrected chi connectivity index (χ0v) is 11.4. The van der Waals surface area contributed by atoms with E-state index in [0.29, 0.717) is 16.7 Å². The first kappa shape index (κ1) is 13.5. The van der Waals surface area contributed by atoms with E-state index in [9.17, 15) is 9.90 Å². The van der Waals surface area contributed by atoms with Crippen LogP contribution in [0.3, 0.4) is 0 Å². The van der Waals surface area contributed by atoms with Crippen molar-refractivity contribution in [1.82, 2.24) is 0 Å². The zero-order chi connectivity index (χ0) is 15.0. The van der Waals surface area contributed by atoms with Crippen LogP contribution >= 0.6 is 0 Å². The number of hydrogen-bond donors (Lipinski definition) is 2. The van der Waals surface area contributed by atoms with Crippen LogP contribution < -0.4 is 10.4 Å². The first-order valence-corrected chi connectivity index (χ1v) is 6.55. The molecule has 0 aliphatic rings. The Bertz CT molecular complexity index is 866. The monoisotopic (exact) mass is 286 g/mol. The van der Waals surface area contributed by atoms with E-state index in [2.05, 4.69) is 0 Å². The zero-order valence-electron chi connectivity index (χ0n) is 11.4. The van der Waals surface area contributed by atoms with E-state index in [1.54, 1.807) is 37.3 Å². The number of aliphatic hydroxyl groups is 1. The van der Waals surface area contributed by atoms with E-state index in [1.807, 2.05) is 0 Å². The first-order valence-electron chi connectivity index (χ1n) is 6.55. The lowest BCUT2D eigenvalue weighted by atomic mass is 10.1. The summed E-state index contributed by atoms with van der Waals surface area (Å²) in [4.78, 5) is 12.1. The van der Waals surface area contributed by atoms with Gasteiger partial charge in [-0.15, -0.1) is 0 Å². The summed E-state index contributed by atoms with van der Waals surface area (Å²) in [5.41, 5.74) is -0.157. The van der Waals surface area contributed by atoms with Gasteiger partial charge in [-0.2, -0.15) is 0 Å². The Labute approximate surface area is 120 Å². The molecule has 0 radical (unpaired) electrons. The Morgan fingerprint density at radius 1 is 1.14 bits per heavy atom. The fourth-order valence-corrected chi connectivity index (χ4v) is 2.24. The summed E-state index contributed by atoms with van der Waals surface area (Å²) in [5, 5.41) is 20.3. The van der Waals surface area contributed by atoms with Crippen LogP contribution in [0.1, 0.15) is 6.92 Å². The maximum atomic E-state index is 12.1. The van der Waals surface area contributed by atoms with Gasteiger partial charge in [0, 0.05) is 16.8 Å². The van der Waals surface area contributed by atoms with Gasteiger partial charge in [-0.1, -0.05) is 0 Å². The summed E-state index contributed by atoms with van der Waals surface area (Å²) < 4.78 is 10.7. The largest absolute Gasteiger partial charge is 0.508 e. The molecule has 3 rings (SSSR count). The third kappa shape index (κ3) is 2.43. The fourth-order valence-electron chi connectivity index (χ4n) is 2.24. The third-order valence-corrected chi connectivity index (χ3v) is 3.26. The quantitative estimate of drug-likeness (QED) is 0.571. The lowest BCUT2D eigenvalue weighted by molar-refractivity contribution is 0.130. The molecule has 5 heteroatoms. The Balaban J connectivity index is 2.22. The summed E-state index contributed by atoms with van der Waals surface area (Å²) in [6, 6.07) is 9.76. The highest BCUT2D eigenvalue weighted by molar-refractivity contribution is 6.04. The molecule has 0 aliphatic heterocycles. The molecular weight excluding hydrogens is 272 g/mol. The number of phenols is 1. The molecule has 0 bridgehead atoms. The summed E-state index contributed by atoms with van der Waals surface area (Å²) >= 11 is 0. The van der Waals surface area contributed by atoms with Crippen LogP contribution in [0.25, 0.3) is 21.7 Å². The van der Waals surface area contributed by atoms with Gasteiger partial charge in [0.15, 0.2) is 0 Å². The van der Waals surface area contributed by atoms with E-state index >= 15 is 0 Å².